The number of halogens is 1. The summed E-state index contributed by atoms with van der Waals surface area (Å²) in [5.41, 5.74) is 2.29. The molecule has 0 aliphatic carbocycles. The van der Waals surface area contributed by atoms with Crippen LogP contribution in [0.3, 0.4) is 0 Å². The molecule has 29 heavy (non-hydrogen) atoms. The highest BCUT2D eigenvalue weighted by Crippen LogP contribution is 2.38. The van der Waals surface area contributed by atoms with Gasteiger partial charge in [0, 0.05) is 0 Å². The Kier molecular flexibility index (Phi) is 4.79. The number of urea groups is 1. The summed E-state index contributed by atoms with van der Waals surface area (Å²) in [5.74, 6) is -0.214. The molecule has 0 aromatic heterocycles. The number of rotatable bonds is 4. The minimum atomic E-state index is -1.26. The second kappa shape index (κ2) is 7.29. The first-order chi connectivity index (χ1) is 13.9. The maximum atomic E-state index is 12.8. The molecule has 0 spiro atoms. The quantitative estimate of drug-likeness (QED) is 0.746. The maximum Gasteiger partial charge on any atom is 0.344 e. The van der Waals surface area contributed by atoms with Gasteiger partial charge in [-0.15, -0.1) is 0 Å². The van der Waals surface area contributed by atoms with E-state index in [1.807, 2.05) is 6.07 Å². The number of amides is 4. The summed E-state index contributed by atoms with van der Waals surface area (Å²) < 4.78 is 11.0. The van der Waals surface area contributed by atoms with Crippen molar-refractivity contribution in [3.05, 3.63) is 58.6 Å². The van der Waals surface area contributed by atoms with Gasteiger partial charge in [-0.2, -0.15) is 5.01 Å². The zero-order valence-electron chi connectivity index (χ0n) is 15.5. The highest BCUT2D eigenvalue weighted by Gasteiger charge is 2.49. The number of nitrogens with one attached hydrogen (secondary N) is 2. The Hall–Kier alpha value is -3.26. The molecule has 2 aromatic carbocycles. The molecule has 8 nitrogen and oxygen atoms in total. The molecule has 2 aliphatic heterocycles. The molecule has 2 heterocycles. The van der Waals surface area contributed by atoms with Crippen LogP contribution >= 0.6 is 11.6 Å². The van der Waals surface area contributed by atoms with E-state index in [-0.39, 0.29) is 6.42 Å². The van der Waals surface area contributed by atoms with Crippen LogP contribution in [-0.4, -0.2) is 36.1 Å². The minimum absolute atomic E-state index is 0.102. The van der Waals surface area contributed by atoms with Gasteiger partial charge >= 0.3 is 6.03 Å². The van der Waals surface area contributed by atoms with Crippen LogP contribution in [0.15, 0.2) is 42.5 Å². The maximum absolute atomic E-state index is 12.8. The summed E-state index contributed by atoms with van der Waals surface area (Å²) >= 11 is 6.19. The second-order valence-electron chi connectivity index (χ2n) is 6.88. The molecule has 2 N–H and O–H groups in total. The van der Waals surface area contributed by atoms with E-state index in [4.69, 9.17) is 21.1 Å². The van der Waals surface area contributed by atoms with E-state index in [2.05, 4.69) is 10.7 Å². The van der Waals surface area contributed by atoms with Crippen LogP contribution in [0.2, 0.25) is 5.02 Å². The molecule has 1 unspecified atom stereocenters. The van der Waals surface area contributed by atoms with Gasteiger partial charge in [0.15, 0.2) is 11.5 Å². The molecule has 1 atom stereocenters. The van der Waals surface area contributed by atoms with Crippen molar-refractivity contribution in [3.8, 4) is 11.5 Å². The third-order valence-electron chi connectivity index (χ3n) is 4.80. The summed E-state index contributed by atoms with van der Waals surface area (Å²) in [7, 11) is 0. The summed E-state index contributed by atoms with van der Waals surface area (Å²) in [5, 5.41) is 3.66. The summed E-state index contributed by atoms with van der Waals surface area (Å²) in [6.07, 6.45) is -0.102. The lowest BCUT2D eigenvalue weighted by Crippen LogP contribution is -2.48. The lowest BCUT2D eigenvalue weighted by molar-refractivity contribution is -0.138. The molecule has 150 valence electrons. The van der Waals surface area contributed by atoms with Crippen LogP contribution in [0.25, 0.3) is 0 Å². The fourth-order valence-electron chi connectivity index (χ4n) is 3.32. The van der Waals surface area contributed by atoms with E-state index in [0.29, 0.717) is 45.9 Å². The number of imide groups is 1. The number of carbonyl (C=O) groups is 3. The fraction of sp³-hybridized carbons (Fsp3) is 0.250. The Bertz CT molecular complexity index is 997. The second-order valence-corrected chi connectivity index (χ2v) is 7.28. The van der Waals surface area contributed by atoms with Gasteiger partial charge in [-0.1, -0.05) is 41.9 Å². The Morgan fingerprint density at radius 1 is 1.21 bits per heavy atom. The Morgan fingerprint density at radius 2 is 1.93 bits per heavy atom. The average Bonchev–Trinajstić information content (AvgIpc) is 2.93. The largest absolute Gasteiger partial charge is 0.486 e. The van der Waals surface area contributed by atoms with Gasteiger partial charge in [-0.3, -0.25) is 15.0 Å². The zero-order valence-corrected chi connectivity index (χ0v) is 16.3. The molecule has 2 aliphatic rings. The number of benzene rings is 2. The van der Waals surface area contributed by atoms with Crippen LogP contribution in [0.5, 0.6) is 11.5 Å². The number of fused-ring (bicyclic) bond motifs is 1. The number of hydrogen-bond donors (Lipinski definition) is 2. The number of ether oxygens (including phenoxy) is 2. The van der Waals surface area contributed by atoms with Crippen LogP contribution in [0, 0.1) is 0 Å². The molecule has 1 saturated heterocycles. The Balaban J connectivity index is 1.48. The third kappa shape index (κ3) is 3.47. The smallest absolute Gasteiger partial charge is 0.344 e. The van der Waals surface area contributed by atoms with Gasteiger partial charge in [-0.25, -0.2) is 4.79 Å². The van der Waals surface area contributed by atoms with Crippen molar-refractivity contribution in [2.24, 2.45) is 0 Å². The van der Waals surface area contributed by atoms with Crippen LogP contribution in [0.4, 0.5) is 4.79 Å². The first-order valence-corrected chi connectivity index (χ1v) is 9.36. The van der Waals surface area contributed by atoms with E-state index >= 15 is 0 Å². The van der Waals surface area contributed by atoms with Crippen molar-refractivity contribution in [3.63, 3.8) is 0 Å². The third-order valence-corrected chi connectivity index (χ3v) is 5.08. The first kappa shape index (κ1) is 19.1. The number of nitrogens with zero attached hydrogens (tertiary/aromatic N) is 1. The van der Waals surface area contributed by atoms with Gasteiger partial charge < -0.3 is 14.8 Å². The number of carbonyl (C=O) groups excluding carboxylic acids is 3. The van der Waals surface area contributed by atoms with Gasteiger partial charge in [0.05, 0.1) is 11.4 Å². The van der Waals surface area contributed by atoms with Crippen LogP contribution < -0.4 is 20.2 Å². The Labute approximate surface area is 171 Å². The number of hydrogen-bond acceptors (Lipinski definition) is 5. The molecule has 1 fully saturated rings. The Morgan fingerprint density at radius 3 is 2.69 bits per heavy atom. The highest BCUT2D eigenvalue weighted by atomic mass is 35.5. The van der Waals surface area contributed by atoms with Crippen LogP contribution in [0.1, 0.15) is 18.1 Å². The normalized spacial score (nSPS) is 20.4. The number of hydrazine groups is 1. The van der Waals surface area contributed by atoms with Crippen molar-refractivity contribution >= 4 is 29.4 Å². The first-order valence-electron chi connectivity index (χ1n) is 8.98. The summed E-state index contributed by atoms with van der Waals surface area (Å²) in [4.78, 5) is 37.7. The molecule has 0 saturated carbocycles. The molecule has 0 radical (unpaired) electrons. The van der Waals surface area contributed by atoms with E-state index in [1.54, 1.807) is 43.3 Å². The standard InChI is InChI=1S/C20H18ClN3O5/c1-20(13-5-3-2-4-6-13)18(26)24(19(27)22-20)23-16(25)11-12-9-14(21)17-15(10-12)28-7-8-29-17/h2-6,9-10H,7-8,11H2,1H3,(H,22,27)(H,23,25). The van der Waals surface area contributed by atoms with Crippen LogP contribution in [-0.2, 0) is 21.5 Å². The van der Waals surface area contributed by atoms with E-state index in [9.17, 15) is 14.4 Å². The molecule has 9 heteroatoms. The topological polar surface area (TPSA) is 97.0 Å². The van der Waals surface area contributed by atoms with Crippen molar-refractivity contribution in [2.45, 2.75) is 18.9 Å². The predicted octanol–water partition coefficient (Wildman–Crippen LogP) is 2.15. The molecule has 2 aromatic rings. The van der Waals surface area contributed by atoms with Crippen molar-refractivity contribution in [1.29, 1.82) is 0 Å². The lowest BCUT2D eigenvalue weighted by Gasteiger charge is -2.22. The van der Waals surface area contributed by atoms with E-state index < -0.39 is 23.4 Å². The zero-order chi connectivity index (χ0) is 20.6. The van der Waals surface area contributed by atoms with Gasteiger partial charge in [0.25, 0.3) is 5.91 Å². The van der Waals surface area contributed by atoms with Gasteiger partial charge in [0.1, 0.15) is 18.8 Å². The molecule has 0 bridgehead atoms. The van der Waals surface area contributed by atoms with Crippen molar-refractivity contribution in [1.82, 2.24) is 15.8 Å². The van der Waals surface area contributed by atoms with Crippen molar-refractivity contribution in [2.75, 3.05) is 13.2 Å². The highest BCUT2D eigenvalue weighted by molar-refractivity contribution is 6.32. The van der Waals surface area contributed by atoms with Gasteiger partial charge in [-0.05, 0) is 30.2 Å². The van der Waals surface area contributed by atoms with E-state index in [1.165, 1.54) is 0 Å². The molecule has 4 rings (SSSR count). The molecular weight excluding hydrogens is 398 g/mol. The molecular formula is C20H18ClN3O5. The molecule has 4 amide bonds. The monoisotopic (exact) mass is 415 g/mol. The lowest BCUT2D eigenvalue weighted by atomic mass is 9.92. The SMILES string of the molecule is CC1(c2ccccc2)NC(=O)N(NC(=O)Cc2cc(Cl)c3c(c2)OCCO3)C1=O. The summed E-state index contributed by atoms with van der Waals surface area (Å²) in [6.45, 7) is 2.38. The predicted molar refractivity (Wildman–Crippen MR) is 103 cm³/mol. The summed E-state index contributed by atoms with van der Waals surface area (Å²) in [6, 6.07) is 11.4. The van der Waals surface area contributed by atoms with E-state index in [0.717, 1.165) is 0 Å². The van der Waals surface area contributed by atoms with Gasteiger partial charge in [0.2, 0.25) is 5.91 Å². The minimum Gasteiger partial charge on any atom is -0.486 e. The fourth-order valence-corrected chi connectivity index (χ4v) is 3.61. The van der Waals surface area contributed by atoms with Crippen molar-refractivity contribution < 1.29 is 23.9 Å². The average molecular weight is 416 g/mol.